The minimum absolute atomic E-state index is 0.0472. The third-order valence-corrected chi connectivity index (χ3v) is 5.45. The van der Waals surface area contributed by atoms with Crippen LogP contribution >= 0.6 is 0 Å². The van der Waals surface area contributed by atoms with Crippen LogP contribution in [0.25, 0.3) is 0 Å². The van der Waals surface area contributed by atoms with Gasteiger partial charge in [-0.15, -0.1) is 0 Å². The lowest BCUT2D eigenvalue weighted by atomic mass is 10.1. The van der Waals surface area contributed by atoms with E-state index in [1.165, 1.54) is 17.0 Å². The van der Waals surface area contributed by atoms with Gasteiger partial charge in [0, 0.05) is 24.3 Å². The maximum Gasteiger partial charge on any atom is 0.338 e. The number of hydrogen-bond acceptors (Lipinski definition) is 8. The smallest absolute Gasteiger partial charge is 0.338 e. The van der Waals surface area contributed by atoms with Crippen LogP contribution in [0.5, 0.6) is 0 Å². The number of hydrogen-bond donors (Lipinski definition) is 1. The number of ether oxygens (including phenoxy) is 3. The second kappa shape index (κ2) is 12.7. The molecule has 196 valence electrons. The number of esters is 3. The van der Waals surface area contributed by atoms with Crippen molar-refractivity contribution in [1.29, 1.82) is 0 Å². The Morgan fingerprint density at radius 1 is 0.919 bits per heavy atom. The highest BCUT2D eigenvalue weighted by atomic mass is 16.5. The molecule has 0 saturated carbocycles. The van der Waals surface area contributed by atoms with Crippen molar-refractivity contribution in [2.75, 3.05) is 36.6 Å². The Labute approximate surface area is 214 Å². The minimum atomic E-state index is -0.721. The summed E-state index contributed by atoms with van der Waals surface area (Å²) in [5.74, 6) is -2.88. The molecule has 1 aliphatic heterocycles. The van der Waals surface area contributed by atoms with E-state index in [4.69, 9.17) is 14.2 Å². The molecule has 1 fully saturated rings. The average molecular weight is 511 g/mol. The molecule has 0 unspecified atom stereocenters. The van der Waals surface area contributed by atoms with Crippen molar-refractivity contribution < 1.29 is 38.2 Å². The fourth-order valence-electron chi connectivity index (χ4n) is 3.57. The average Bonchev–Trinajstić information content (AvgIpc) is 3.28. The summed E-state index contributed by atoms with van der Waals surface area (Å²) < 4.78 is 15.2. The Bertz CT molecular complexity index is 1140. The zero-order valence-corrected chi connectivity index (χ0v) is 21.0. The second-order valence-electron chi connectivity index (χ2n) is 8.90. The highest BCUT2D eigenvalue weighted by molar-refractivity contribution is 6.00. The van der Waals surface area contributed by atoms with Crippen LogP contribution in [0.3, 0.4) is 0 Å². The molecule has 10 nitrogen and oxygen atoms in total. The number of rotatable bonds is 10. The Kier molecular flexibility index (Phi) is 9.37. The molecule has 0 radical (unpaired) electrons. The third-order valence-electron chi connectivity index (χ3n) is 5.45. The van der Waals surface area contributed by atoms with Gasteiger partial charge in [0.05, 0.1) is 30.3 Å². The van der Waals surface area contributed by atoms with Gasteiger partial charge in [-0.3, -0.25) is 14.4 Å². The highest BCUT2D eigenvalue weighted by Gasteiger charge is 2.36. The van der Waals surface area contributed by atoms with Gasteiger partial charge in [0.2, 0.25) is 5.91 Å². The van der Waals surface area contributed by atoms with Gasteiger partial charge in [-0.1, -0.05) is 13.8 Å². The lowest BCUT2D eigenvalue weighted by Crippen LogP contribution is -2.28. The molecule has 2 aromatic rings. The molecule has 1 N–H and O–H groups in total. The van der Waals surface area contributed by atoms with Gasteiger partial charge in [-0.25, -0.2) is 9.59 Å². The fraction of sp³-hybridized carbons (Fsp3) is 0.370. The molecule has 0 aliphatic carbocycles. The Balaban J connectivity index is 1.47. The molecule has 37 heavy (non-hydrogen) atoms. The first-order valence-corrected chi connectivity index (χ1v) is 12.0. The standard InChI is InChI=1S/C27H30N2O8/c1-4-35-25(32)19-7-11-22(12-8-19)29-14-20(13-24(29)31)27(34)37-16-23(30)28-21-9-5-18(6-10-21)26(33)36-15-17(2)3/h5-12,17,20H,4,13-16H2,1-3H3,(H,28,30)/t20-/m1/s1. The number of benzene rings is 2. The SMILES string of the molecule is CCOC(=O)c1ccc(N2C[C@H](C(=O)OCC(=O)Nc3ccc(C(=O)OCC(C)C)cc3)CC2=O)cc1. The van der Waals surface area contributed by atoms with Crippen LogP contribution in [-0.2, 0) is 28.6 Å². The molecular formula is C27H30N2O8. The number of amides is 2. The number of anilines is 2. The summed E-state index contributed by atoms with van der Waals surface area (Å²) in [6.07, 6.45) is -0.0472. The molecule has 2 amide bonds. The van der Waals surface area contributed by atoms with Crippen molar-refractivity contribution in [2.45, 2.75) is 27.2 Å². The van der Waals surface area contributed by atoms with Crippen LogP contribution in [-0.4, -0.2) is 56.1 Å². The zero-order chi connectivity index (χ0) is 26.9. The second-order valence-corrected chi connectivity index (χ2v) is 8.90. The molecule has 2 aromatic carbocycles. The molecular weight excluding hydrogens is 480 g/mol. The van der Waals surface area contributed by atoms with E-state index in [1.54, 1.807) is 43.3 Å². The first kappa shape index (κ1) is 27.4. The number of nitrogens with one attached hydrogen (secondary N) is 1. The van der Waals surface area contributed by atoms with Gasteiger partial charge in [0.1, 0.15) is 0 Å². The Morgan fingerprint density at radius 3 is 2.11 bits per heavy atom. The van der Waals surface area contributed by atoms with Gasteiger partial charge in [-0.2, -0.15) is 0 Å². The Hall–Kier alpha value is -4.21. The van der Waals surface area contributed by atoms with E-state index >= 15 is 0 Å². The molecule has 0 aromatic heterocycles. The minimum Gasteiger partial charge on any atom is -0.462 e. The predicted molar refractivity (Wildman–Crippen MR) is 134 cm³/mol. The fourth-order valence-corrected chi connectivity index (χ4v) is 3.57. The van der Waals surface area contributed by atoms with Crippen molar-refractivity contribution in [3.63, 3.8) is 0 Å². The van der Waals surface area contributed by atoms with E-state index in [0.717, 1.165) is 0 Å². The normalized spacial score (nSPS) is 14.9. The summed E-state index contributed by atoms with van der Waals surface area (Å²) in [6.45, 7) is 5.74. The van der Waals surface area contributed by atoms with Crippen LogP contribution in [0.15, 0.2) is 48.5 Å². The molecule has 3 rings (SSSR count). The van der Waals surface area contributed by atoms with E-state index in [2.05, 4.69) is 5.32 Å². The highest BCUT2D eigenvalue weighted by Crippen LogP contribution is 2.26. The molecule has 0 bridgehead atoms. The van der Waals surface area contributed by atoms with Crippen molar-refractivity contribution in [3.8, 4) is 0 Å². The largest absolute Gasteiger partial charge is 0.462 e. The molecule has 1 atom stereocenters. The van der Waals surface area contributed by atoms with Crippen molar-refractivity contribution >= 4 is 41.1 Å². The van der Waals surface area contributed by atoms with Gasteiger partial charge < -0.3 is 24.4 Å². The van der Waals surface area contributed by atoms with Crippen LogP contribution in [0, 0.1) is 11.8 Å². The summed E-state index contributed by atoms with van der Waals surface area (Å²) in [6, 6.07) is 12.5. The first-order chi connectivity index (χ1) is 17.7. The molecule has 10 heteroatoms. The maximum absolute atomic E-state index is 12.5. The zero-order valence-electron chi connectivity index (χ0n) is 21.0. The first-order valence-electron chi connectivity index (χ1n) is 12.0. The van der Waals surface area contributed by atoms with E-state index in [1.807, 2.05) is 13.8 Å². The summed E-state index contributed by atoms with van der Waals surface area (Å²) in [5.41, 5.74) is 1.69. The Morgan fingerprint density at radius 2 is 1.51 bits per heavy atom. The van der Waals surface area contributed by atoms with Crippen LogP contribution in [0.2, 0.25) is 0 Å². The summed E-state index contributed by atoms with van der Waals surface area (Å²) in [4.78, 5) is 62.4. The predicted octanol–water partition coefficient (Wildman–Crippen LogP) is 3.21. The lowest BCUT2D eigenvalue weighted by molar-refractivity contribution is -0.151. The van der Waals surface area contributed by atoms with Gasteiger partial charge in [0.25, 0.3) is 5.91 Å². The van der Waals surface area contributed by atoms with E-state index < -0.39 is 36.3 Å². The summed E-state index contributed by atoms with van der Waals surface area (Å²) >= 11 is 0. The van der Waals surface area contributed by atoms with Crippen molar-refractivity contribution in [1.82, 2.24) is 0 Å². The molecule has 1 aliphatic rings. The molecule has 0 spiro atoms. The van der Waals surface area contributed by atoms with E-state index in [0.29, 0.717) is 29.1 Å². The van der Waals surface area contributed by atoms with Gasteiger partial charge >= 0.3 is 17.9 Å². The van der Waals surface area contributed by atoms with Gasteiger partial charge in [0.15, 0.2) is 6.61 Å². The van der Waals surface area contributed by atoms with E-state index in [9.17, 15) is 24.0 Å². The molecule has 1 saturated heterocycles. The third kappa shape index (κ3) is 7.63. The van der Waals surface area contributed by atoms with E-state index in [-0.39, 0.29) is 31.4 Å². The van der Waals surface area contributed by atoms with Crippen LogP contribution in [0.4, 0.5) is 11.4 Å². The van der Waals surface area contributed by atoms with Crippen LogP contribution < -0.4 is 10.2 Å². The van der Waals surface area contributed by atoms with Crippen molar-refractivity contribution in [2.24, 2.45) is 11.8 Å². The summed E-state index contributed by atoms with van der Waals surface area (Å²) in [5, 5.41) is 2.59. The van der Waals surface area contributed by atoms with Gasteiger partial charge in [-0.05, 0) is 61.4 Å². The summed E-state index contributed by atoms with van der Waals surface area (Å²) in [7, 11) is 0. The molecule has 1 heterocycles. The quantitative estimate of drug-likeness (QED) is 0.381. The lowest BCUT2D eigenvalue weighted by Gasteiger charge is -2.17. The topological polar surface area (TPSA) is 128 Å². The maximum atomic E-state index is 12.5. The van der Waals surface area contributed by atoms with Crippen LogP contribution in [0.1, 0.15) is 47.9 Å². The monoisotopic (exact) mass is 510 g/mol. The number of carbonyl (C=O) groups is 5. The number of carbonyl (C=O) groups excluding carboxylic acids is 5. The number of nitrogens with zero attached hydrogens (tertiary/aromatic N) is 1. The van der Waals surface area contributed by atoms with Crippen molar-refractivity contribution in [3.05, 3.63) is 59.7 Å².